The first-order valence-corrected chi connectivity index (χ1v) is 5.76. The van der Waals surface area contributed by atoms with Gasteiger partial charge in [-0.3, -0.25) is 4.79 Å². The lowest BCUT2D eigenvalue weighted by Crippen LogP contribution is -2.41. The van der Waals surface area contributed by atoms with Gasteiger partial charge < -0.3 is 14.8 Å². The van der Waals surface area contributed by atoms with E-state index in [1.54, 1.807) is 0 Å². The molecule has 1 aliphatic rings. The molecular weight excluding hydrogens is 222 g/mol. The number of alkyl carbamates (subject to hydrolysis) is 1. The fourth-order valence-corrected chi connectivity index (χ4v) is 1.76. The molecule has 1 rings (SSSR count). The molecule has 1 N–H and O–H groups in total. The molecule has 0 radical (unpaired) electrons. The molecule has 1 saturated heterocycles. The summed E-state index contributed by atoms with van der Waals surface area (Å²) in [6.45, 7) is 7.68. The average Bonchev–Trinajstić information content (AvgIpc) is 2.55. The summed E-state index contributed by atoms with van der Waals surface area (Å²) in [4.78, 5) is 22.6. The number of nitrogens with one attached hydrogen (secondary N) is 1. The summed E-state index contributed by atoms with van der Waals surface area (Å²) in [5.74, 6) is 0.129. The standard InChI is InChI=1S/C12H19NO4/c1-4-5-16-12(15)13-9-7-11(14)17-10(9)6-8(2)3/h4,8-10H,1,5-7H2,2-3H3,(H,13,15)/t9-,10+/m0/s1. The van der Waals surface area contributed by atoms with Gasteiger partial charge in [0.15, 0.2) is 0 Å². The second-order valence-corrected chi connectivity index (χ2v) is 4.50. The molecular formula is C12H19NO4. The number of hydrogen-bond acceptors (Lipinski definition) is 4. The van der Waals surface area contributed by atoms with Crippen LogP contribution in [-0.4, -0.2) is 30.8 Å². The minimum Gasteiger partial charge on any atom is -0.460 e. The molecule has 1 amide bonds. The third-order valence-electron chi connectivity index (χ3n) is 2.46. The number of ether oxygens (including phenoxy) is 2. The van der Waals surface area contributed by atoms with Crippen LogP contribution in [0.15, 0.2) is 12.7 Å². The highest BCUT2D eigenvalue weighted by molar-refractivity contribution is 5.75. The lowest BCUT2D eigenvalue weighted by Gasteiger charge is -2.19. The Kier molecular flexibility index (Phi) is 5.00. The van der Waals surface area contributed by atoms with Crippen molar-refractivity contribution in [3.8, 4) is 0 Å². The largest absolute Gasteiger partial charge is 0.460 e. The van der Waals surface area contributed by atoms with Crippen LogP contribution in [0, 0.1) is 5.92 Å². The molecule has 0 aromatic rings. The van der Waals surface area contributed by atoms with Crippen LogP contribution in [0.3, 0.4) is 0 Å². The molecule has 17 heavy (non-hydrogen) atoms. The van der Waals surface area contributed by atoms with Crippen molar-refractivity contribution in [2.24, 2.45) is 5.92 Å². The van der Waals surface area contributed by atoms with E-state index < -0.39 is 6.09 Å². The first-order chi connectivity index (χ1) is 8.02. The van der Waals surface area contributed by atoms with E-state index in [1.165, 1.54) is 6.08 Å². The second kappa shape index (κ2) is 6.27. The normalized spacial score (nSPS) is 23.4. The smallest absolute Gasteiger partial charge is 0.407 e. The molecule has 5 nitrogen and oxygen atoms in total. The Bertz CT molecular complexity index is 301. The van der Waals surface area contributed by atoms with Gasteiger partial charge in [-0.1, -0.05) is 26.5 Å². The van der Waals surface area contributed by atoms with Crippen LogP contribution in [0.1, 0.15) is 26.7 Å². The fourth-order valence-electron chi connectivity index (χ4n) is 1.76. The van der Waals surface area contributed by atoms with Crippen LogP contribution in [0.25, 0.3) is 0 Å². The minimum atomic E-state index is -0.540. The van der Waals surface area contributed by atoms with Gasteiger partial charge in [-0.05, 0) is 12.3 Å². The summed E-state index contributed by atoms with van der Waals surface area (Å²) in [6, 6.07) is -0.290. The Morgan fingerprint density at radius 2 is 2.41 bits per heavy atom. The molecule has 0 aromatic heterocycles. The summed E-state index contributed by atoms with van der Waals surface area (Å²) in [5, 5.41) is 2.64. The van der Waals surface area contributed by atoms with Gasteiger partial charge in [0.1, 0.15) is 12.7 Å². The molecule has 1 fully saturated rings. The van der Waals surface area contributed by atoms with E-state index in [4.69, 9.17) is 9.47 Å². The quantitative estimate of drug-likeness (QED) is 0.587. The third-order valence-corrected chi connectivity index (χ3v) is 2.46. The van der Waals surface area contributed by atoms with Crippen molar-refractivity contribution in [3.63, 3.8) is 0 Å². The summed E-state index contributed by atoms with van der Waals surface area (Å²) < 4.78 is 9.97. The first kappa shape index (κ1) is 13.5. The summed E-state index contributed by atoms with van der Waals surface area (Å²) >= 11 is 0. The number of rotatable bonds is 5. The highest BCUT2D eigenvalue weighted by Crippen LogP contribution is 2.21. The number of carbonyl (C=O) groups is 2. The summed E-state index contributed by atoms with van der Waals surface area (Å²) in [5.41, 5.74) is 0. The van der Waals surface area contributed by atoms with Gasteiger partial charge >= 0.3 is 12.1 Å². The van der Waals surface area contributed by atoms with Crippen LogP contribution >= 0.6 is 0 Å². The van der Waals surface area contributed by atoms with Gasteiger partial charge in [0.05, 0.1) is 12.5 Å². The van der Waals surface area contributed by atoms with Crippen LogP contribution < -0.4 is 5.32 Å². The Hall–Kier alpha value is -1.52. The Morgan fingerprint density at radius 3 is 3.00 bits per heavy atom. The Balaban J connectivity index is 2.46. The van der Waals surface area contributed by atoms with Gasteiger partial charge in [-0.15, -0.1) is 0 Å². The lowest BCUT2D eigenvalue weighted by molar-refractivity contribution is -0.141. The fraction of sp³-hybridized carbons (Fsp3) is 0.667. The number of esters is 1. The maximum Gasteiger partial charge on any atom is 0.407 e. The molecule has 0 aromatic carbocycles. The zero-order valence-electron chi connectivity index (χ0n) is 10.3. The zero-order valence-corrected chi connectivity index (χ0v) is 10.3. The predicted octanol–water partition coefficient (Wildman–Crippen LogP) is 1.63. The van der Waals surface area contributed by atoms with Crippen molar-refractivity contribution in [2.75, 3.05) is 6.61 Å². The Morgan fingerprint density at radius 1 is 1.71 bits per heavy atom. The van der Waals surface area contributed by atoms with Crippen molar-refractivity contribution in [2.45, 2.75) is 38.8 Å². The van der Waals surface area contributed by atoms with Gasteiger partial charge in [0, 0.05) is 0 Å². The maximum absolute atomic E-state index is 11.3. The number of amides is 1. The molecule has 0 bridgehead atoms. The van der Waals surface area contributed by atoms with E-state index in [0.717, 1.165) is 6.42 Å². The number of carbonyl (C=O) groups excluding carboxylic acids is 2. The van der Waals surface area contributed by atoms with E-state index in [2.05, 4.69) is 11.9 Å². The van der Waals surface area contributed by atoms with Crippen molar-refractivity contribution in [3.05, 3.63) is 12.7 Å². The van der Waals surface area contributed by atoms with Crippen LogP contribution in [-0.2, 0) is 14.3 Å². The van der Waals surface area contributed by atoms with Crippen molar-refractivity contribution >= 4 is 12.1 Å². The highest BCUT2D eigenvalue weighted by Gasteiger charge is 2.36. The summed E-state index contributed by atoms with van der Waals surface area (Å²) in [6.07, 6.45) is 1.64. The third kappa shape index (κ3) is 4.46. The van der Waals surface area contributed by atoms with E-state index in [9.17, 15) is 9.59 Å². The van der Waals surface area contributed by atoms with E-state index in [-0.39, 0.29) is 31.1 Å². The molecule has 5 heteroatoms. The van der Waals surface area contributed by atoms with E-state index in [1.807, 2.05) is 13.8 Å². The van der Waals surface area contributed by atoms with Gasteiger partial charge in [0.2, 0.25) is 0 Å². The SMILES string of the molecule is C=CCOC(=O)N[C@H]1CC(=O)O[C@@H]1CC(C)C. The van der Waals surface area contributed by atoms with E-state index >= 15 is 0 Å². The highest BCUT2D eigenvalue weighted by atomic mass is 16.6. The van der Waals surface area contributed by atoms with Crippen LogP contribution in [0.2, 0.25) is 0 Å². The molecule has 96 valence electrons. The van der Waals surface area contributed by atoms with Gasteiger partial charge in [-0.25, -0.2) is 4.79 Å². The summed E-state index contributed by atoms with van der Waals surface area (Å²) in [7, 11) is 0. The van der Waals surface area contributed by atoms with Crippen molar-refractivity contribution < 1.29 is 19.1 Å². The molecule has 2 atom stereocenters. The minimum absolute atomic E-state index is 0.155. The molecule has 0 saturated carbocycles. The molecule has 0 aliphatic carbocycles. The van der Waals surface area contributed by atoms with Crippen LogP contribution in [0.4, 0.5) is 4.79 Å². The predicted molar refractivity (Wildman–Crippen MR) is 62.4 cm³/mol. The monoisotopic (exact) mass is 241 g/mol. The van der Waals surface area contributed by atoms with E-state index in [0.29, 0.717) is 5.92 Å². The zero-order chi connectivity index (χ0) is 12.8. The van der Waals surface area contributed by atoms with Crippen molar-refractivity contribution in [1.82, 2.24) is 5.32 Å². The maximum atomic E-state index is 11.3. The number of cyclic esters (lactones) is 1. The topological polar surface area (TPSA) is 64.6 Å². The lowest BCUT2D eigenvalue weighted by atomic mass is 10.0. The molecule has 1 aliphatic heterocycles. The first-order valence-electron chi connectivity index (χ1n) is 5.76. The molecule has 0 unspecified atom stereocenters. The van der Waals surface area contributed by atoms with Gasteiger partial charge in [0.25, 0.3) is 0 Å². The second-order valence-electron chi connectivity index (χ2n) is 4.50. The molecule has 1 heterocycles. The van der Waals surface area contributed by atoms with Crippen molar-refractivity contribution in [1.29, 1.82) is 0 Å². The average molecular weight is 241 g/mol. The number of hydrogen-bond donors (Lipinski definition) is 1. The molecule has 0 spiro atoms. The van der Waals surface area contributed by atoms with Gasteiger partial charge in [-0.2, -0.15) is 0 Å². The Labute approximate surface area is 101 Å². The van der Waals surface area contributed by atoms with Crippen LogP contribution in [0.5, 0.6) is 0 Å².